The average Bonchev–Trinajstić information content (AvgIpc) is 3.55. The van der Waals surface area contributed by atoms with E-state index in [-0.39, 0.29) is 6.61 Å². The first kappa shape index (κ1) is 21.8. The van der Waals surface area contributed by atoms with Gasteiger partial charge in [0.05, 0.1) is 19.1 Å². The van der Waals surface area contributed by atoms with Gasteiger partial charge in [-0.1, -0.05) is 60.3 Å². The van der Waals surface area contributed by atoms with Gasteiger partial charge in [0.15, 0.2) is 16.7 Å². The zero-order chi connectivity index (χ0) is 23.2. The lowest BCUT2D eigenvalue weighted by atomic mass is 10.2. The van der Waals surface area contributed by atoms with Crippen LogP contribution in [0, 0.1) is 0 Å². The molecule has 2 heterocycles. The van der Waals surface area contributed by atoms with Crippen molar-refractivity contribution in [2.24, 2.45) is 0 Å². The van der Waals surface area contributed by atoms with E-state index in [1.165, 1.54) is 11.8 Å². The van der Waals surface area contributed by atoms with Gasteiger partial charge >= 0.3 is 0 Å². The number of hydrogen-bond acceptors (Lipinski definition) is 7. The molecule has 0 aliphatic rings. The van der Waals surface area contributed by atoms with Gasteiger partial charge < -0.3 is 13.9 Å². The van der Waals surface area contributed by atoms with E-state index in [0.29, 0.717) is 17.5 Å². The Bertz CT molecular complexity index is 1340. The largest absolute Gasteiger partial charge is 0.497 e. The molecule has 0 amide bonds. The molecule has 0 fully saturated rings. The van der Waals surface area contributed by atoms with Crippen molar-refractivity contribution in [1.82, 2.24) is 19.7 Å². The molecule has 7 nitrogen and oxygen atoms in total. The Balaban J connectivity index is 1.34. The molecule has 0 aliphatic carbocycles. The summed E-state index contributed by atoms with van der Waals surface area (Å²) in [6, 6.07) is 27.4. The predicted octanol–water partition coefficient (Wildman–Crippen LogP) is 5.80. The maximum Gasteiger partial charge on any atom is 0.205 e. The maximum atomic E-state index is 5.96. The van der Waals surface area contributed by atoms with Crippen molar-refractivity contribution in [2.75, 3.05) is 7.11 Å². The van der Waals surface area contributed by atoms with E-state index in [1.807, 2.05) is 89.5 Å². The van der Waals surface area contributed by atoms with Crippen molar-refractivity contribution in [1.29, 1.82) is 0 Å². The zero-order valence-electron chi connectivity index (χ0n) is 18.5. The molecule has 2 aromatic heterocycles. The van der Waals surface area contributed by atoms with Crippen LogP contribution in [0.25, 0.3) is 17.0 Å². The molecule has 0 atom stereocenters. The maximum absolute atomic E-state index is 5.96. The Morgan fingerprint density at radius 2 is 1.56 bits per heavy atom. The summed E-state index contributed by atoms with van der Waals surface area (Å²) in [6.07, 6.45) is 1.75. The summed E-state index contributed by atoms with van der Waals surface area (Å²) >= 11 is 1.51. The Labute approximate surface area is 201 Å². The molecule has 0 spiro atoms. The second kappa shape index (κ2) is 10.3. The minimum absolute atomic E-state index is 0.270. The first-order valence-corrected chi connectivity index (χ1v) is 11.7. The number of oxazole rings is 1. The number of thioether (sulfide) groups is 1. The minimum Gasteiger partial charge on any atom is -0.497 e. The molecular weight excluding hydrogens is 448 g/mol. The SMILES string of the molecule is COc1ccc(OCc2nnc(SCc3ncc(-c4ccccc4)o3)n2-c2ccccc2)cc1. The van der Waals surface area contributed by atoms with E-state index in [4.69, 9.17) is 13.9 Å². The molecule has 0 unspecified atom stereocenters. The van der Waals surface area contributed by atoms with Gasteiger partial charge in [0, 0.05) is 11.3 Å². The summed E-state index contributed by atoms with van der Waals surface area (Å²) in [7, 11) is 1.64. The van der Waals surface area contributed by atoms with Crippen LogP contribution in [-0.4, -0.2) is 26.9 Å². The topological polar surface area (TPSA) is 75.2 Å². The van der Waals surface area contributed by atoms with Crippen molar-refractivity contribution < 1.29 is 13.9 Å². The highest BCUT2D eigenvalue weighted by molar-refractivity contribution is 7.98. The molecule has 0 saturated heterocycles. The number of methoxy groups -OCH3 is 1. The van der Waals surface area contributed by atoms with Crippen LogP contribution in [0.2, 0.25) is 0 Å². The molecule has 3 aromatic carbocycles. The van der Waals surface area contributed by atoms with Gasteiger partial charge in [0.25, 0.3) is 0 Å². The highest BCUT2D eigenvalue weighted by atomic mass is 32.2. The molecule has 170 valence electrons. The van der Waals surface area contributed by atoms with Gasteiger partial charge in [-0.3, -0.25) is 4.57 Å². The second-order valence-electron chi connectivity index (χ2n) is 7.31. The Morgan fingerprint density at radius 1 is 0.853 bits per heavy atom. The standard InChI is InChI=1S/C26H22N4O3S/c1-31-21-12-14-22(15-13-21)32-17-24-28-29-26(30(24)20-10-6-3-7-11-20)34-18-25-27-16-23(33-25)19-8-4-2-5-9-19/h2-16H,17-18H2,1H3. The van der Waals surface area contributed by atoms with E-state index in [0.717, 1.165) is 33.7 Å². The van der Waals surface area contributed by atoms with Gasteiger partial charge in [0.1, 0.15) is 18.1 Å². The molecule has 0 bridgehead atoms. The van der Waals surface area contributed by atoms with Crippen LogP contribution in [0.3, 0.4) is 0 Å². The molecule has 0 radical (unpaired) electrons. The lowest BCUT2D eigenvalue weighted by molar-refractivity contribution is 0.292. The fourth-order valence-corrected chi connectivity index (χ4v) is 4.21. The number of ether oxygens (including phenoxy) is 2. The second-order valence-corrected chi connectivity index (χ2v) is 8.25. The number of para-hydroxylation sites is 1. The monoisotopic (exact) mass is 470 g/mol. The summed E-state index contributed by atoms with van der Waals surface area (Å²) in [4.78, 5) is 4.43. The van der Waals surface area contributed by atoms with Crippen LogP contribution in [0.4, 0.5) is 0 Å². The third kappa shape index (κ3) is 4.97. The average molecular weight is 471 g/mol. The highest BCUT2D eigenvalue weighted by Gasteiger charge is 2.17. The van der Waals surface area contributed by atoms with Gasteiger partial charge in [-0.05, 0) is 36.4 Å². The number of aromatic nitrogens is 4. The summed E-state index contributed by atoms with van der Waals surface area (Å²) in [5.74, 6) is 4.10. The van der Waals surface area contributed by atoms with Gasteiger partial charge in [0.2, 0.25) is 5.89 Å². The quantitative estimate of drug-likeness (QED) is 0.252. The molecule has 0 saturated carbocycles. The molecule has 34 heavy (non-hydrogen) atoms. The molecule has 8 heteroatoms. The van der Waals surface area contributed by atoms with E-state index in [9.17, 15) is 0 Å². The van der Waals surface area contributed by atoms with E-state index in [1.54, 1.807) is 13.3 Å². The van der Waals surface area contributed by atoms with Crippen LogP contribution in [-0.2, 0) is 12.4 Å². The van der Waals surface area contributed by atoms with Crippen LogP contribution < -0.4 is 9.47 Å². The van der Waals surface area contributed by atoms with Crippen LogP contribution in [0.15, 0.2) is 101 Å². The summed E-state index contributed by atoms with van der Waals surface area (Å²) < 4.78 is 19.1. The first-order valence-electron chi connectivity index (χ1n) is 10.7. The summed E-state index contributed by atoms with van der Waals surface area (Å²) in [5, 5.41) is 9.55. The van der Waals surface area contributed by atoms with E-state index in [2.05, 4.69) is 15.2 Å². The molecule has 0 N–H and O–H groups in total. The fraction of sp³-hybridized carbons (Fsp3) is 0.115. The molecular formula is C26H22N4O3S. The van der Waals surface area contributed by atoms with Crippen LogP contribution in [0.5, 0.6) is 11.5 Å². The zero-order valence-corrected chi connectivity index (χ0v) is 19.3. The lowest BCUT2D eigenvalue weighted by Crippen LogP contribution is -2.06. The first-order chi connectivity index (χ1) is 16.8. The lowest BCUT2D eigenvalue weighted by Gasteiger charge is -2.11. The predicted molar refractivity (Wildman–Crippen MR) is 130 cm³/mol. The van der Waals surface area contributed by atoms with Gasteiger partial charge in [-0.15, -0.1) is 10.2 Å². The summed E-state index contributed by atoms with van der Waals surface area (Å²) in [5.41, 5.74) is 1.96. The van der Waals surface area contributed by atoms with Gasteiger partial charge in [-0.2, -0.15) is 0 Å². The smallest absolute Gasteiger partial charge is 0.205 e. The van der Waals surface area contributed by atoms with Crippen molar-refractivity contribution >= 4 is 11.8 Å². The van der Waals surface area contributed by atoms with E-state index >= 15 is 0 Å². The highest BCUT2D eigenvalue weighted by Crippen LogP contribution is 2.28. The Kier molecular flexibility index (Phi) is 6.58. The third-order valence-electron chi connectivity index (χ3n) is 5.08. The number of nitrogens with zero attached hydrogens (tertiary/aromatic N) is 4. The van der Waals surface area contributed by atoms with Crippen molar-refractivity contribution in [2.45, 2.75) is 17.5 Å². The van der Waals surface area contributed by atoms with Crippen molar-refractivity contribution in [3.05, 3.63) is 103 Å². The van der Waals surface area contributed by atoms with Crippen molar-refractivity contribution in [3.63, 3.8) is 0 Å². The molecule has 5 aromatic rings. The van der Waals surface area contributed by atoms with Crippen molar-refractivity contribution in [3.8, 4) is 28.5 Å². The van der Waals surface area contributed by atoms with Crippen LogP contribution in [0.1, 0.15) is 11.7 Å². The Hall–Kier alpha value is -4.04. The van der Waals surface area contributed by atoms with Gasteiger partial charge in [-0.25, -0.2) is 4.98 Å². The fourth-order valence-electron chi connectivity index (χ4n) is 3.38. The molecule has 0 aliphatic heterocycles. The van der Waals surface area contributed by atoms with Crippen LogP contribution >= 0.6 is 11.8 Å². The van der Waals surface area contributed by atoms with E-state index < -0.39 is 0 Å². The normalized spacial score (nSPS) is 10.9. The molecule has 5 rings (SSSR count). The third-order valence-corrected chi connectivity index (χ3v) is 5.99. The number of rotatable bonds is 9. The minimum atomic E-state index is 0.270. The Morgan fingerprint density at radius 3 is 2.29 bits per heavy atom. The number of hydrogen-bond donors (Lipinski definition) is 0. The number of benzene rings is 3. The summed E-state index contributed by atoms with van der Waals surface area (Å²) in [6.45, 7) is 0.270.